The average molecular weight is 344 g/mol. The summed E-state index contributed by atoms with van der Waals surface area (Å²) in [4.78, 5) is 17.9. The highest BCUT2D eigenvalue weighted by atomic mass is 16.5. The number of aromatic nitrogens is 4. The Labute approximate surface area is 150 Å². The Morgan fingerprint density at radius 1 is 0.808 bits per heavy atom. The molecule has 0 amide bonds. The molecule has 0 aliphatic heterocycles. The molecular formula is C20H16N4O2. The van der Waals surface area contributed by atoms with Crippen molar-refractivity contribution in [1.29, 1.82) is 0 Å². The minimum atomic E-state index is 0.390. The first-order valence-corrected chi connectivity index (χ1v) is 8.06. The summed E-state index contributed by atoms with van der Waals surface area (Å²) in [5.74, 6) is 0.917. The van der Waals surface area contributed by atoms with Gasteiger partial charge in [-0.05, 0) is 12.1 Å². The van der Waals surface area contributed by atoms with Crippen LogP contribution in [0.5, 0.6) is 11.6 Å². The Hall–Kier alpha value is -3.54. The Bertz CT molecular complexity index is 1070. The number of rotatable bonds is 4. The molecule has 0 atom stereocenters. The van der Waals surface area contributed by atoms with E-state index in [9.17, 15) is 0 Å². The molecule has 0 N–H and O–H groups in total. The zero-order chi connectivity index (χ0) is 17.9. The highest BCUT2D eigenvalue weighted by Gasteiger charge is 2.17. The lowest BCUT2D eigenvalue weighted by Gasteiger charge is -2.12. The van der Waals surface area contributed by atoms with Crippen LogP contribution in [-0.4, -0.2) is 34.2 Å². The van der Waals surface area contributed by atoms with Crippen LogP contribution in [0.3, 0.4) is 0 Å². The Kier molecular flexibility index (Phi) is 4.15. The minimum absolute atomic E-state index is 0.390. The first kappa shape index (κ1) is 16.0. The lowest BCUT2D eigenvalue weighted by atomic mass is 10.0. The van der Waals surface area contributed by atoms with Crippen LogP contribution in [0.1, 0.15) is 0 Å². The van der Waals surface area contributed by atoms with E-state index in [0.717, 1.165) is 16.8 Å². The number of hydrogen-bond donors (Lipinski definition) is 0. The van der Waals surface area contributed by atoms with Crippen molar-refractivity contribution < 1.29 is 9.47 Å². The second-order valence-corrected chi connectivity index (χ2v) is 5.56. The molecule has 4 rings (SSSR count). The molecule has 6 nitrogen and oxygen atoms in total. The molecule has 0 aliphatic rings. The van der Waals surface area contributed by atoms with E-state index in [2.05, 4.69) is 19.9 Å². The van der Waals surface area contributed by atoms with E-state index < -0.39 is 0 Å². The van der Waals surface area contributed by atoms with Gasteiger partial charge in [0.1, 0.15) is 17.5 Å². The predicted octanol–water partition coefficient (Wildman–Crippen LogP) is 3.77. The number of nitrogens with zero attached hydrogens (tertiary/aromatic N) is 4. The molecule has 0 fully saturated rings. The lowest BCUT2D eigenvalue weighted by Crippen LogP contribution is -1.99. The number of pyridine rings is 2. The molecule has 0 saturated heterocycles. The molecule has 3 aromatic heterocycles. The Morgan fingerprint density at radius 2 is 1.65 bits per heavy atom. The number of methoxy groups -OCH3 is 2. The maximum Gasteiger partial charge on any atom is 0.257 e. The maximum absolute atomic E-state index is 5.34. The van der Waals surface area contributed by atoms with Crippen LogP contribution in [0.2, 0.25) is 0 Å². The SMILES string of the molecule is COc1cc2ncnc(-c3cccnc3-c3ccccc3)c2nc1OC. The molecule has 0 saturated carbocycles. The van der Waals surface area contributed by atoms with Crippen molar-refractivity contribution in [3.05, 3.63) is 61.1 Å². The fraction of sp³-hybridized carbons (Fsp3) is 0.100. The van der Waals surface area contributed by atoms with Crippen molar-refractivity contribution in [2.45, 2.75) is 0 Å². The number of benzene rings is 1. The van der Waals surface area contributed by atoms with E-state index >= 15 is 0 Å². The molecule has 0 radical (unpaired) electrons. The van der Waals surface area contributed by atoms with Gasteiger partial charge in [-0.1, -0.05) is 30.3 Å². The van der Waals surface area contributed by atoms with Crippen molar-refractivity contribution in [3.63, 3.8) is 0 Å². The van der Waals surface area contributed by atoms with E-state index in [4.69, 9.17) is 9.47 Å². The van der Waals surface area contributed by atoms with Crippen molar-refractivity contribution >= 4 is 11.0 Å². The summed E-state index contributed by atoms with van der Waals surface area (Å²) in [6, 6.07) is 15.6. The molecule has 1 aromatic carbocycles. The van der Waals surface area contributed by atoms with Gasteiger partial charge >= 0.3 is 0 Å². The molecule has 128 valence electrons. The second kappa shape index (κ2) is 6.76. The van der Waals surface area contributed by atoms with Gasteiger partial charge in [0.2, 0.25) is 0 Å². The molecule has 4 aromatic rings. The topological polar surface area (TPSA) is 70.0 Å². The average Bonchev–Trinajstić information content (AvgIpc) is 2.73. The quantitative estimate of drug-likeness (QED) is 0.561. The molecule has 3 heterocycles. The maximum atomic E-state index is 5.34. The summed E-state index contributed by atoms with van der Waals surface area (Å²) >= 11 is 0. The van der Waals surface area contributed by atoms with Crippen LogP contribution in [0, 0.1) is 0 Å². The highest BCUT2D eigenvalue weighted by Crippen LogP contribution is 2.35. The minimum Gasteiger partial charge on any atom is -0.491 e. The fourth-order valence-electron chi connectivity index (χ4n) is 2.86. The monoisotopic (exact) mass is 344 g/mol. The predicted molar refractivity (Wildman–Crippen MR) is 99.1 cm³/mol. The van der Waals surface area contributed by atoms with Gasteiger partial charge in [0.15, 0.2) is 5.75 Å². The lowest BCUT2D eigenvalue weighted by molar-refractivity contribution is 0.344. The van der Waals surface area contributed by atoms with Crippen molar-refractivity contribution in [2.24, 2.45) is 0 Å². The largest absolute Gasteiger partial charge is 0.491 e. The van der Waals surface area contributed by atoms with Crippen LogP contribution in [-0.2, 0) is 0 Å². The summed E-state index contributed by atoms with van der Waals surface area (Å²) < 4.78 is 10.7. The summed E-state index contributed by atoms with van der Waals surface area (Å²) in [6.07, 6.45) is 3.29. The Morgan fingerprint density at radius 3 is 2.42 bits per heavy atom. The van der Waals surface area contributed by atoms with Gasteiger partial charge in [0.05, 0.1) is 25.4 Å². The van der Waals surface area contributed by atoms with Gasteiger partial charge in [0.25, 0.3) is 5.88 Å². The molecule has 26 heavy (non-hydrogen) atoms. The van der Waals surface area contributed by atoms with Gasteiger partial charge < -0.3 is 9.47 Å². The molecular weight excluding hydrogens is 328 g/mol. The third-order valence-electron chi connectivity index (χ3n) is 4.07. The molecule has 0 spiro atoms. The first-order chi connectivity index (χ1) is 12.8. The van der Waals surface area contributed by atoms with Gasteiger partial charge in [0, 0.05) is 23.4 Å². The standard InChI is InChI=1S/C20H16N4O2/c1-25-16-11-15-19(24-20(16)26-2)18(23-12-22-15)14-9-6-10-21-17(14)13-7-4-3-5-8-13/h3-12H,1-2H3. The zero-order valence-electron chi connectivity index (χ0n) is 14.4. The number of hydrogen-bond acceptors (Lipinski definition) is 6. The van der Waals surface area contributed by atoms with E-state index in [0.29, 0.717) is 28.4 Å². The van der Waals surface area contributed by atoms with Crippen molar-refractivity contribution in [3.8, 4) is 34.1 Å². The summed E-state index contributed by atoms with van der Waals surface area (Å²) in [5, 5.41) is 0. The number of fused-ring (bicyclic) bond motifs is 1. The van der Waals surface area contributed by atoms with E-state index in [1.807, 2.05) is 42.5 Å². The summed E-state index contributed by atoms with van der Waals surface area (Å²) in [7, 11) is 3.13. The van der Waals surface area contributed by atoms with Gasteiger partial charge in [-0.3, -0.25) is 4.98 Å². The zero-order valence-corrected chi connectivity index (χ0v) is 14.4. The fourth-order valence-corrected chi connectivity index (χ4v) is 2.86. The number of ether oxygens (including phenoxy) is 2. The van der Waals surface area contributed by atoms with E-state index in [-0.39, 0.29) is 0 Å². The molecule has 0 unspecified atom stereocenters. The van der Waals surface area contributed by atoms with Crippen LogP contribution < -0.4 is 9.47 Å². The van der Waals surface area contributed by atoms with Crippen LogP contribution >= 0.6 is 0 Å². The van der Waals surface area contributed by atoms with Crippen molar-refractivity contribution in [1.82, 2.24) is 19.9 Å². The summed E-state index contributed by atoms with van der Waals surface area (Å²) in [5.41, 5.74) is 4.74. The highest BCUT2D eigenvalue weighted by molar-refractivity contribution is 5.94. The van der Waals surface area contributed by atoms with Crippen LogP contribution in [0.15, 0.2) is 61.1 Å². The van der Waals surface area contributed by atoms with Gasteiger partial charge in [-0.2, -0.15) is 0 Å². The third-order valence-corrected chi connectivity index (χ3v) is 4.07. The van der Waals surface area contributed by atoms with Gasteiger partial charge in [-0.15, -0.1) is 0 Å². The van der Waals surface area contributed by atoms with E-state index in [1.54, 1.807) is 26.5 Å². The molecule has 0 bridgehead atoms. The first-order valence-electron chi connectivity index (χ1n) is 8.06. The second-order valence-electron chi connectivity index (χ2n) is 5.56. The van der Waals surface area contributed by atoms with Crippen LogP contribution in [0.4, 0.5) is 0 Å². The van der Waals surface area contributed by atoms with Crippen LogP contribution in [0.25, 0.3) is 33.5 Å². The van der Waals surface area contributed by atoms with Crippen molar-refractivity contribution in [2.75, 3.05) is 14.2 Å². The summed E-state index contributed by atoms with van der Waals surface area (Å²) in [6.45, 7) is 0. The molecule has 0 aliphatic carbocycles. The Balaban J connectivity index is 1.99. The molecule has 6 heteroatoms. The smallest absolute Gasteiger partial charge is 0.257 e. The normalized spacial score (nSPS) is 10.7. The third kappa shape index (κ3) is 2.71. The van der Waals surface area contributed by atoms with E-state index in [1.165, 1.54) is 6.33 Å². The van der Waals surface area contributed by atoms with Gasteiger partial charge in [-0.25, -0.2) is 15.0 Å².